The number of hydrogen-bond donors (Lipinski definition) is 0. The van der Waals surface area contributed by atoms with Gasteiger partial charge in [-0.25, -0.2) is 0 Å². The number of amides is 1. The van der Waals surface area contributed by atoms with Gasteiger partial charge < -0.3 is 9.64 Å². The summed E-state index contributed by atoms with van der Waals surface area (Å²) >= 11 is 0. The van der Waals surface area contributed by atoms with Crippen molar-refractivity contribution in [2.24, 2.45) is 0 Å². The van der Waals surface area contributed by atoms with Crippen LogP contribution in [0.25, 0.3) is 0 Å². The number of carbonyl (C=O) groups is 1. The van der Waals surface area contributed by atoms with Crippen molar-refractivity contribution in [3.63, 3.8) is 0 Å². The fourth-order valence-electron chi connectivity index (χ4n) is 2.84. The lowest BCUT2D eigenvalue weighted by Crippen LogP contribution is -2.49. The predicted molar refractivity (Wildman–Crippen MR) is 87.6 cm³/mol. The number of hydrogen-bond acceptors (Lipinski definition) is 4. The van der Waals surface area contributed by atoms with Crippen LogP contribution in [0.5, 0.6) is 5.75 Å². The molecule has 0 spiro atoms. The standard InChI is InChI=1S/C17H22N4O2/c1-23-16-6-3-2-5-15(16)17(22)20-12-9-19(10-13-20)11-14-21-8-4-7-18-21/h2-8H,9-14H2,1H3. The lowest BCUT2D eigenvalue weighted by Gasteiger charge is -2.34. The van der Waals surface area contributed by atoms with Gasteiger partial charge in [0.15, 0.2) is 0 Å². The quantitative estimate of drug-likeness (QED) is 0.836. The Morgan fingerprint density at radius 3 is 2.61 bits per heavy atom. The van der Waals surface area contributed by atoms with Gasteiger partial charge in [0.05, 0.1) is 19.2 Å². The van der Waals surface area contributed by atoms with Crippen LogP contribution in [0.2, 0.25) is 0 Å². The van der Waals surface area contributed by atoms with Crippen LogP contribution < -0.4 is 4.74 Å². The van der Waals surface area contributed by atoms with Crippen LogP contribution in [0.3, 0.4) is 0 Å². The summed E-state index contributed by atoms with van der Waals surface area (Å²) in [5.41, 5.74) is 0.639. The van der Waals surface area contributed by atoms with Gasteiger partial charge in [-0.1, -0.05) is 12.1 Å². The van der Waals surface area contributed by atoms with Crippen LogP contribution >= 0.6 is 0 Å². The van der Waals surface area contributed by atoms with Crippen LogP contribution in [-0.4, -0.2) is 65.3 Å². The number of nitrogens with zero attached hydrogens (tertiary/aromatic N) is 4. The molecule has 23 heavy (non-hydrogen) atoms. The summed E-state index contributed by atoms with van der Waals surface area (Å²) in [7, 11) is 1.60. The normalized spacial score (nSPS) is 15.6. The van der Waals surface area contributed by atoms with E-state index in [1.807, 2.05) is 46.1 Å². The van der Waals surface area contributed by atoms with Gasteiger partial charge in [0.1, 0.15) is 5.75 Å². The summed E-state index contributed by atoms with van der Waals surface area (Å²) in [5.74, 6) is 0.688. The van der Waals surface area contributed by atoms with Crippen molar-refractivity contribution in [3.8, 4) is 5.75 Å². The molecule has 0 unspecified atom stereocenters. The molecule has 3 rings (SSSR count). The Balaban J connectivity index is 1.53. The molecule has 0 saturated carbocycles. The molecule has 0 bridgehead atoms. The van der Waals surface area contributed by atoms with E-state index in [0.29, 0.717) is 11.3 Å². The molecule has 1 fully saturated rings. The molecule has 0 radical (unpaired) electrons. The molecule has 0 atom stereocenters. The zero-order chi connectivity index (χ0) is 16.1. The summed E-state index contributed by atoms with van der Waals surface area (Å²) in [6.07, 6.45) is 3.77. The van der Waals surface area contributed by atoms with Crippen LogP contribution in [0, 0.1) is 0 Å². The molecule has 1 saturated heterocycles. The van der Waals surface area contributed by atoms with E-state index in [-0.39, 0.29) is 5.91 Å². The number of piperazine rings is 1. The fourth-order valence-corrected chi connectivity index (χ4v) is 2.84. The summed E-state index contributed by atoms with van der Waals surface area (Å²) in [4.78, 5) is 16.9. The van der Waals surface area contributed by atoms with Gasteiger partial charge in [-0.15, -0.1) is 0 Å². The Morgan fingerprint density at radius 1 is 1.13 bits per heavy atom. The van der Waals surface area contributed by atoms with Gasteiger partial charge >= 0.3 is 0 Å². The Hall–Kier alpha value is -2.34. The van der Waals surface area contributed by atoms with Gasteiger partial charge in [-0.3, -0.25) is 14.4 Å². The van der Waals surface area contributed by atoms with Gasteiger partial charge in [0.25, 0.3) is 5.91 Å². The minimum Gasteiger partial charge on any atom is -0.496 e. The SMILES string of the molecule is COc1ccccc1C(=O)N1CCN(CCn2cccn2)CC1. The smallest absolute Gasteiger partial charge is 0.257 e. The Labute approximate surface area is 136 Å². The monoisotopic (exact) mass is 314 g/mol. The zero-order valence-electron chi connectivity index (χ0n) is 13.4. The Morgan fingerprint density at radius 2 is 1.91 bits per heavy atom. The van der Waals surface area contributed by atoms with E-state index < -0.39 is 0 Å². The van der Waals surface area contributed by atoms with Crippen LogP contribution in [0.15, 0.2) is 42.7 Å². The average Bonchev–Trinajstić information content (AvgIpc) is 3.13. The second-order valence-corrected chi connectivity index (χ2v) is 5.60. The van der Waals surface area contributed by atoms with E-state index in [2.05, 4.69) is 10.00 Å². The van der Waals surface area contributed by atoms with Crippen molar-refractivity contribution in [3.05, 3.63) is 48.3 Å². The molecule has 1 amide bonds. The van der Waals surface area contributed by atoms with Gasteiger partial charge in [0.2, 0.25) is 0 Å². The van der Waals surface area contributed by atoms with Crippen molar-refractivity contribution < 1.29 is 9.53 Å². The number of methoxy groups -OCH3 is 1. The molecule has 0 N–H and O–H groups in total. The number of carbonyl (C=O) groups excluding carboxylic acids is 1. The predicted octanol–water partition coefficient (Wildman–Crippen LogP) is 1.35. The van der Waals surface area contributed by atoms with Crippen molar-refractivity contribution in [1.82, 2.24) is 19.6 Å². The summed E-state index contributed by atoms with van der Waals surface area (Å²) < 4.78 is 7.23. The van der Waals surface area contributed by atoms with E-state index in [0.717, 1.165) is 39.3 Å². The van der Waals surface area contributed by atoms with Gasteiger partial charge in [0, 0.05) is 45.1 Å². The first-order valence-electron chi connectivity index (χ1n) is 7.90. The van der Waals surface area contributed by atoms with Crippen molar-refractivity contribution >= 4 is 5.91 Å². The zero-order valence-corrected chi connectivity index (χ0v) is 13.4. The topological polar surface area (TPSA) is 50.6 Å². The maximum atomic E-state index is 12.6. The molecular weight excluding hydrogens is 292 g/mol. The maximum Gasteiger partial charge on any atom is 0.257 e. The minimum absolute atomic E-state index is 0.0502. The molecule has 6 heteroatoms. The highest BCUT2D eigenvalue weighted by Crippen LogP contribution is 2.20. The Kier molecular flexibility index (Phi) is 4.92. The summed E-state index contributed by atoms with van der Waals surface area (Å²) in [6, 6.07) is 9.33. The van der Waals surface area contributed by atoms with Crippen LogP contribution in [0.4, 0.5) is 0 Å². The van der Waals surface area contributed by atoms with E-state index in [1.165, 1.54) is 0 Å². The van der Waals surface area contributed by atoms with Crippen molar-refractivity contribution in [2.75, 3.05) is 39.8 Å². The number of rotatable bonds is 5. The van der Waals surface area contributed by atoms with E-state index >= 15 is 0 Å². The number of ether oxygens (including phenoxy) is 1. The lowest BCUT2D eigenvalue weighted by atomic mass is 10.1. The van der Waals surface area contributed by atoms with Gasteiger partial charge in [-0.2, -0.15) is 5.10 Å². The number of benzene rings is 1. The van der Waals surface area contributed by atoms with Crippen LogP contribution in [-0.2, 0) is 6.54 Å². The fraction of sp³-hybridized carbons (Fsp3) is 0.412. The first-order valence-corrected chi connectivity index (χ1v) is 7.90. The van der Waals surface area contributed by atoms with Crippen LogP contribution in [0.1, 0.15) is 10.4 Å². The molecule has 6 nitrogen and oxygen atoms in total. The third-order valence-electron chi connectivity index (χ3n) is 4.20. The minimum atomic E-state index is 0.0502. The van der Waals surface area contributed by atoms with Gasteiger partial charge in [-0.05, 0) is 18.2 Å². The second-order valence-electron chi connectivity index (χ2n) is 5.60. The van der Waals surface area contributed by atoms with E-state index in [1.54, 1.807) is 13.3 Å². The maximum absolute atomic E-state index is 12.6. The average molecular weight is 314 g/mol. The molecule has 1 aromatic carbocycles. The van der Waals surface area contributed by atoms with Crippen molar-refractivity contribution in [2.45, 2.75) is 6.54 Å². The van der Waals surface area contributed by atoms with E-state index in [9.17, 15) is 4.79 Å². The molecule has 122 valence electrons. The molecule has 2 aromatic rings. The molecule has 0 aliphatic carbocycles. The summed E-state index contributed by atoms with van der Waals surface area (Å²) in [5, 5.41) is 4.21. The molecule has 1 aliphatic rings. The number of aromatic nitrogens is 2. The molecular formula is C17H22N4O2. The highest BCUT2D eigenvalue weighted by atomic mass is 16.5. The highest BCUT2D eigenvalue weighted by molar-refractivity contribution is 5.97. The Bertz CT molecular complexity index is 634. The largest absolute Gasteiger partial charge is 0.496 e. The first kappa shape index (κ1) is 15.6. The first-order chi connectivity index (χ1) is 11.3. The molecule has 1 aliphatic heterocycles. The third kappa shape index (κ3) is 3.71. The lowest BCUT2D eigenvalue weighted by molar-refractivity contribution is 0.0629. The molecule has 1 aromatic heterocycles. The third-order valence-corrected chi connectivity index (χ3v) is 4.20. The second kappa shape index (κ2) is 7.28. The number of para-hydroxylation sites is 1. The molecule has 2 heterocycles. The summed E-state index contributed by atoms with van der Waals surface area (Å²) in [6.45, 7) is 5.11. The highest BCUT2D eigenvalue weighted by Gasteiger charge is 2.23. The van der Waals surface area contributed by atoms with E-state index in [4.69, 9.17) is 4.74 Å². The van der Waals surface area contributed by atoms with Crippen molar-refractivity contribution in [1.29, 1.82) is 0 Å².